The number of hydrogen-bond donors (Lipinski definition) is 0. The highest BCUT2D eigenvalue weighted by molar-refractivity contribution is 5.69. The molecule has 2 saturated carbocycles. The molecule has 4 aromatic rings. The molecule has 0 saturated heterocycles. The van der Waals surface area contributed by atoms with Gasteiger partial charge in [0.05, 0.1) is 5.54 Å². The third-order valence-electron chi connectivity index (χ3n) is 8.21. The van der Waals surface area contributed by atoms with Crippen molar-refractivity contribution < 1.29 is 0 Å². The summed E-state index contributed by atoms with van der Waals surface area (Å²) in [5.74, 6) is 1.33. The maximum Gasteiger partial charge on any atom is 0.0513 e. The monoisotopic (exact) mass is 444 g/mol. The molecule has 0 heterocycles. The molecule has 0 aromatic heterocycles. The fraction of sp³-hybridized carbons (Fsp3) is 0.250. The molecular weight excluding hydrogens is 412 g/mol. The van der Waals surface area contributed by atoms with Crippen molar-refractivity contribution in [1.82, 2.24) is 0 Å². The van der Waals surface area contributed by atoms with E-state index in [1.807, 2.05) is 0 Å². The third-order valence-corrected chi connectivity index (χ3v) is 8.21. The van der Waals surface area contributed by atoms with Crippen LogP contribution >= 0.6 is 0 Å². The second kappa shape index (κ2) is 8.68. The molecule has 4 atom stereocenters. The first kappa shape index (κ1) is 21.0. The van der Waals surface area contributed by atoms with Crippen LogP contribution in [0.2, 0.25) is 0 Å². The van der Waals surface area contributed by atoms with E-state index in [0.717, 1.165) is 0 Å². The molecule has 0 bridgehead atoms. The molecule has 4 aromatic carbocycles. The van der Waals surface area contributed by atoms with Crippen molar-refractivity contribution in [2.75, 3.05) is 9.80 Å². The first-order valence-corrected chi connectivity index (χ1v) is 12.6. The van der Waals surface area contributed by atoms with Crippen molar-refractivity contribution in [1.29, 1.82) is 0 Å². The maximum absolute atomic E-state index is 2.66. The number of rotatable bonds is 6. The first-order valence-electron chi connectivity index (χ1n) is 12.6. The van der Waals surface area contributed by atoms with E-state index in [2.05, 4.69) is 138 Å². The van der Waals surface area contributed by atoms with Crippen LogP contribution in [0, 0.1) is 11.8 Å². The number of benzene rings is 4. The van der Waals surface area contributed by atoms with E-state index in [9.17, 15) is 0 Å². The average Bonchev–Trinajstić information content (AvgIpc) is 3.50. The van der Waals surface area contributed by atoms with Crippen LogP contribution in [0.4, 0.5) is 22.7 Å². The number of hydrogen-bond acceptors (Lipinski definition) is 2. The van der Waals surface area contributed by atoms with Crippen molar-refractivity contribution in [3.05, 3.63) is 121 Å². The molecule has 0 amide bonds. The van der Waals surface area contributed by atoms with E-state index in [0.29, 0.717) is 17.9 Å². The summed E-state index contributed by atoms with van der Waals surface area (Å²) in [6.07, 6.45) is 3.59. The van der Waals surface area contributed by atoms with Crippen LogP contribution in [0.25, 0.3) is 0 Å². The zero-order valence-electron chi connectivity index (χ0n) is 19.8. The highest BCUT2D eigenvalue weighted by atomic mass is 15.3. The minimum absolute atomic E-state index is 0.193. The molecule has 0 radical (unpaired) electrons. The van der Waals surface area contributed by atoms with Gasteiger partial charge >= 0.3 is 0 Å². The molecule has 2 heteroatoms. The Morgan fingerprint density at radius 2 is 1.00 bits per heavy atom. The van der Waals surface area contributed by atoms with Crippen molar-refractivity contribution >= 4 is 22.7 Å². The summed E-state index contributed by atoms with van der Waals surface area (Å²) in [5, 5.41) is 0. The highest BCUT2D eigenvalue weighted by Crippen LogP contribution is 2.65. The number of anilines is 4. The third kappa shape index (κ3) is 3.49. The van der Waals surface area contributed by atoms with Crippen LogP contribution in [-0.2, 0) is 0 Å². The van der Waals surface area contributed by atoms with Crippen LogP contribution in [0.5, 0.6) is 0 Å². The summed E-state index contributed by atoms with van der Waals surface area (Å²) in [6, 6.07) is 44.4. The highest BCUT2D eigenvalue weighted by Gasteiger charge is 2.67. The zero-order valence-corrected chi connectivity index (χ0v) is 19.8. The fourth-order valence-electron chi connectivity index (χ4n) is 6.58. The molecule has 2 aliphatic rings. The molecule has 0 N–H and O–H groups in total. The molecule has 0 aliphatic heterocycles. The summed E-state index contributed by atoms with van der Waals surface area (Å²) in [6.45, 7) is 2.47. The largest absolute Gasteiger partial charge is 0.338 e. The van der Waals surface area contributed by atoms with Gasteiger partial charge in [0.2, 0.25) is 0 Å². The summed E-state index contributed by atoms with van der Waals surface area (Å²) in [7, 11) is 0. The Labute approximate surface area is 203 Å². The van der Waals surface area contributed by atoms with Crippen LogP contribution < -0.4 is 9.80 Å². The molecule has 2 unspecified atom stereocenters. The van der Waals surface area contributed by atoms with Crippen molar-refractivity contribution in [2.24, 2.45) is 11.8 Å². The Bertz CT molecular complexity index is 1130. The molecular formula is C32H32N2. The Morgan fingerprint density at radius 3 is 1.41 bits per heavy atom. The van der Waals surface area contributed by atoms with E-state index in [1.54, 1.807) is 0 Å². The van der Waals surface area contributed by atoms with Gasteiger partial charge in [-0.25, -0.2) is 0 Å². The van der Waals surface area contributed by atoms with Gasteiger partial charge < -0.3 is 9.80 Å². The van der Waals surface area contributed by atoms with Crippen LogP contribution in [-0.4, -0.2) is 11.6 Å². The van der Waals surface area contributed by atoms with Gasteiger partial charge in [-0.1, -0.05) is 79.7 Å². The lowest BCUT2D eigenvalue weighted by Crippen LogP contribution is -2.43. The Balaban J connectivity index is 1.35. The average molecular weight is 445 g/mol. The number of para-hydroxylation sites is 4. The van der Waals surface area contributed by atoms with Crippen molar-refractivity contribution in [2.45, 2.75) is 37.8 Å². The molecule has 6 rings (SSSR count). The van der Waals surface area contributed by atoms with Gasteiger partial charge in [0, 0.05) is 28.8 Å². The predicted molar refractivity (Wildman–Crippen MR) is 143 cm³/mol. The van der Waals surface area contributed by atoms with Gasteiger partial charge in [-0.3, -0.25) is 0 Å². The normalized spacial score (nSPS) is 25.3. The van der Waals surface area contributed by atoms with Crippen LogP contribution in [0.15, 0.2) is 121 Å². The smallest absolute Gasteiger partial charge is 0.0513 e. The lowest BCUT2D eigenvalue weighted by atomic mass is 9.87. The van der Waals surface area contributed by atoms with E-state index in [1.165, 1.54) is 42.0 Å². The summed E-state index contributed by atoms with van der Waals surface area (Å²) in [5.41, 5.74) is 5.40. The molecule has 2 fully saturated rings. The first-order chi connectivity index (χ1) is 16.8. The van der Waals surface area contributed by atoms with Crippen molar-refractivity contribution in [3.63, 3.8) is 0 Å². The van der Waals surface area contributed by atoms with Gasteiger partial charge in [-0.05, 0) is 79.6 Å². The molecule has 170 valence electrons. The van der Waals surface area contributed by atoms with E-state index >= 15 is 0 Å². The molecule has 2 nitrogen and oxygen atoms in total. The Morgan fingerprint density at radius 1 is 0.588 bits per heavy atom. The number of nitrogens with zero attached hydrogens (tertiary/aromatic N) is 2. The molecule has 34 heavy (non-hydrogen) atoms. The SMILES string of the molecule is C[C@@H]1C2CC(N(c3ccccc3)c3ccccc3)CC[C@]21N(c1ccccc1)c1ccccc1. The van der Waals surface area contributed by atoms with Gasteiger partial charge in [-0.15, -0.1) is 0 Å². The van der Waals surface area contributed by atoms with Gasteiger partial charge in [-0.2, -0.15) is 0 Å². The lowest BCUT2D eigenvalue weighted by molar-refractivity contribution is 0.376. The second-order valence-electron chi connectivity index (χ2n) is 9.86. The van der Waals surface area contributed by atoms with Gasteiger partial charge in [0.1, 0.15) is 0 Å². The molecule has 2 aliphatic carbocycles. The van der Waals surface area contributed by atoms with E-state index in [-0.39, 0.29) is 5.54 Å². The van der Waals surface area contributed by atoms with Gasteiger partial charge in [0.25, 0.3) is 0 Å². The van der Waals surface area contributed by atoms with E-state index < -0.39 is 0 Å². The minimum Gasteiger partial charge on any atom is -0.338 e. The minimum atomic E-state index is 0.193. The van der Waals surface area contributed by atoms with Crippen molar-refractivity contribution in [3.8, 4) is 0 Å². The topological polar surface area (TPSA) is 6.48 Å². The maximum atomic E-state index is 2.66. The standard InChI is InChI=1S/C32H32N2/c1-25-31-24-30(33(26-14-6-2-7-15-26)27-16-8-3-9-17-27)22-23-32(25,31)34(28-18-10-4-11-19-28)29-20-12-5-13-21-29/h2-21,25,30-31H,22-24H2,1H3/t25-,30?,31?,32-/m1/s1. The Hall–Kier alpha value is -3.52. The Kier molecular flexibility index (Phi) is 5.37. The van der Waals surface area contributed by atoms with Gasteiger partial charge in [0.15, 0.2) is 0 Å². The zero-order chi connectivity index (χ0) is 23.0. The quantitative estimate of drug-likeness (QED) is 0.295. The lowest BCUT2D eigenvalue weighted by Gasteiger charge is -2.43. The molecule has 0 spiro atoms. The summed E-state index contributed by atoms with van der Waals surface area (Å²) < 4.78 is 0. The van der Waals surface area contributed by atoms with Crippen LogP contribution in [0.3, 0.4) is 0 Å². The fourth-order valence-corrected chi connectivity index (χ4v) is 6.58. The van der Waals surface area contributed by atoms with Crippen LogP contribution in [0.1, 0.15) is 26.2 Å². The summed E-state index contributed by atoms with van der Waals surface area (Å²) in [4.78, 5) is 5.25. The number of fused-ring (bicyclic) bond motifs is 1. The van der Waals surface area contributed by atoms with E-state index in [4.69, 9.17) is 0 Å². The predicted octanol–water partition coefficient (Wildman–Crippen LogP) is 8.22. The summed E-state index contributed by atoms with van der Waals surface area (Å²) >= 11 is 0. The second-order valence-corrected chi connectivity index (χ2v) is 9.86.